The molecule has 0 aliphatic heterocycles. The first-order valence-corrected chi connectivity index (χ1v) is 4.92. The molecule has 0 aliphatic rings. The SMILES string of the molecule is O=C(O)c1ccc(CF)c(-c2cccnc2)n1. The second-order valence-corrected chi connectivity index (χ2v) is 3.38. The summed E-state index contributed by atoms with van der Waals surface area (Å²) < 4.78 is 12.8. The molecule has 2 aromatic rings. The molecule has 2 aromatic heterocycles. The van der Waals surface area contributed by atoms with Gasteiger partial charge in [-0.2, -0.15) is 0 Å². The lowest BCUT2D eigenvalue weighted by Crippen LogP contribution is -2.03. The zero-order valence-electron chi connectivity index (χ0n) is 8.80. The summed E-state index contributed by atoms with van der Waals surface area (Å²) >= 11 is 0. The van der Waals surface area contributed by atoms with E-state index < -0.39 is 12.6 Å². The van der Waals surface area contributed by atoms with Gasteiger partial charge in [-0.15, -0.1) is 0 Å². The summed E-state index contributed by atoms with van der Waals surface area (Å²) in [7, 11) is 0. The third-order valence-electron chi connectivity index (χ3n) is 2.28. The number of carbonyl (C=O) groups is 1. The largest absolute Gasteiger partial charge is 0.477 e. The summed E-state index contributed by atoms with van der Waals surface area (Å²) in [4.78, 5) is 18.6. The van der Waals surface area contributed by atoms with Gasteiger partial charge in [0.2, 0.25) is 0 Å². The van der Waals surface area contributed by atoms with Crippen molar-refractivity contribution in [2.24, 2.45) is 0 Å². The molecule has 2 heterocycles. The zero-order valence-corrected chi connectivity index (χ0v) is 8.80. The van der Waals surface area contributed by atoms with E-state index in [-0.39, 0.29) is 5.69 Å². The fraction of sp³-hybridized carbons (Fsp3) is 0.0833. The second-order valence-electron chi connectivity index (χ2n) is 3.38. The molecule has 0 aromatic carbocycles. The molecule has 0 spiro atoms. The molecular weight excluding hydrogens is 223 g/mol. The Kier molecular flexibility index (Phi) is 3.09. The third-order valence-corrected chi connectivity index (χ3v) is 2.28. The van der Waals surface area contributed by atoms with E-state index in [1.165, 1.54) is 18.3 Å². The van der Waals surface area contributed by atoms with Crippen LogP contribution in [-0.2, 0) is 6.67 Å². The van der Waals surface area contributed by atoms with Crippen LogP contribution in [0.15, 0.2) is 36.7 Å². The molecule has 0 saturated heterocycles. The number of pyridine rings is 2. The predicted octanol–water partition coefficient (Wildman–Crippen LogP) is 2.31. The fourth-order valence-corrected chi connectivity index (χ4v) is 1.47. The van der Waals surface area contributed by atoms with Gasteiger partial charge in [0.1, 0.15) is 12.4 Å². The Hall–Kier alpha value is -2.30. The standard InChI is InChI=1S/C12H9FN2O2/c13-6-8-3-4-10(12(16)17)15-11(8)9-2-1-5-14-7-9/h1-5,7H,6H2,(H,16,17). The van der Waals surface area contributed by atoms with Crippen LogP contribution < -0.4 is 0 Å². The molecule has 0 radical (unpaired) electrons. The van der Waals surface area contributed by atoms with Crippen molar-refractivity contribution >= 4 is 5.97 Å². The number of halogens is 1. The summed E-state index contributed by atoms with van der Waals surface area (Å²) in [6.45, 7) is -0.697. The van der Waals surface area contributed by atoms with Gasteiger partial charge < -0.3 is 5.11 Å². The minimum absolute atomic E-state index is 0.110. The van der Waals surface area contributed by atoms with E-state index in [1.807, 2.05) is 0 Å². The Labute approximate surface area is 96.8 Å². The van der Waals surface area contributed by atoms with Gasteiger partial charge in [0, 0.05) is 23.5 Å². The zero-order chi connectivity index (χ0) is 12.3. The van der Waals surface area contributed by atoms with Gasteiger partial charge in [0.25, 0.3) is 0 Å². The minimum atomic E-state index is -1.14. The van der Waals surface area contributed by atoms with Crippen molar-refractivity contribution in [1.29, 1.82) is 0 Å². The molecule has 5 heteroatoms. The van der Waals surface area contributed by atoms with Crippen LogP contribution in [-0.4, -0.2) is 21.0 Å². The van der Waals surface area contributed by atoms with E-state index >= 15 is 0 Å². The minimum Gasteiger partial charge on any atom is -0.477 e. The van der Waals surface area contributed by atoms with Gasteiger partial charge in [0.05, 0.1) is 5.69 Å². The maximum absolute atomic E-state index is 12.8. The Morgan fingerprint density at radius 1 is 1.35 bits per heavy atom. The average molecular weight is 232 g/mol. The van der Waals surface area contributed by atoms with Crippen molar-refractivity contribution in [3.8, 4) is 11.3 Å². The molecule has 0 saturated carbocycles. The highest BCUT2D eigenvalue weighted by molar-refractivity contribution is 5.86. The van der Waals surface area contributed by atoms with E-state index in [4.69, 9.17) is 5.11 Å². The lowest BCUT2D eigenvalue weighted by Gasteiger charge is -2.06. The summed E-state index contributed by atoms with van der Waals surface area (Å²) in [5.74, 6) is -1.14. The van der Waals surface area contributed by atoms with Crippen molar-refractivity contribution in [3.63, 3.8) is 0 Å². The van der Waals surface area contributed by atoms with Gasteiger partial charge >= 0.3 is 5.97 Å². The van der Waals surface area contributed by atoms with Gasteiger partial charge in [-0.1, -0.05) is 6.07 Å². The number of hydrogen-bond acceptors (Lipinski definition) is 3. The lowest BCUT2D eigenvalue weighted by molar-refractivity contribution is 0.0690. The number of nitrogens with zero attached hydrogens (tertiary/aromatic N) is 2. The van der Waals surface area contributed by atoms with E-state index in [0.717, 1.165) is 0 Å². The van der Waals surface area contributed by atoms with E-state index in [2.05, 4.69) is 9.97 Å². The van der Waals surface area contributed by atoms with Crippen molar-refractivity contribution < 1.29 is 14.3 Å². The highest BCUT2D eigenvalue weighted by atomic mass is 19.1. The molecule has 0 amide bonds. The summed E-state index contributed by atoms with van der Waals surface area (Å²) in [6, 6.07) is 6.11. The number of carboxylic acids is 1. The van der Waals surface area contributed by atoms with Crippen LogP contribution in [0.25, 0.3) is 11.3 Å². The maximum Gasteiger partial charge on any atom is 0.354 e. The molecule has 0 atom stereocenters. The van der Waals surface area contributed by atoms with Crippen molar-refractivity contribution in [2.75, 3.05) is 0 Å². The second kappa shape index (κ2) is 4.69. The topological polar surface area (TPSA) is 63.1 Å². The lowest BCUT2D eigenvalue weighted by atomic mass is 10.1. The first-order chi connectivity index (χ1) is 8.22. The van der Waals surface area contributed by atoms with Gasteiger partial charge in [-0.25, -0.2) is 14.2 Å². The van der Waals surface area contributed by atoms with E-state index in [0.29, 0.717) is 16.8 Å². The Bertz CT molecular complexity index is 543. The van der Waals surface area contributed by atoms with Crippen LogP contribution >= 0.6 is 0 Å². The van der Waals surface area contributed by atoms with Crippen LogP contribution in [0.5, 0.6) is 0 Å². The summed E-state index contributed by atoms with van der Waals surface area (Å²) in [5, 5.41) is 8.85. The number of aromatic carboxylic acids is 1. The van der Waals surface area contributed by atoms with Gasteiger partial charge in [-0.05, 0) is 18.2 Å². The number of alkyl halides is 1. The molecule has 17 heavy (non-hydrogen) atoms. The highest BCUT2D eigenvalue weighted by Crippen LogP contribution is 2.22. The molecule has 86 valence electrons. The Balaban J connectivity index is 2.58. The van der Waals surface area contributed by atoms with Crippen LogP contribution in [0.4, 0.5) is 4.39 Å². The monoisotopic (exact) mass is 232 g/mol. The maximum atomic E-state index is 12.8. The predicted molar refractivity (Wildman–Crippen MR) is 59.2 cm³/mol. The number of hydrogen-bond donors (Lipinski definition) is 1. The number of aromatic nitrogens is 2. The average Bonchev–Trinajstić information content (AvgIpc) is 2.39. The highest BCUT2D eigenvalue weighted by Gasteiger charge is 2.11. The van der Waals surface area contributed by atoms with Crippen LogP contribution in [0.3, 0.4) is 0 Å². The molecule has 0 bridgehead atoms. The molecule has 2 rings (SSSR count). The Morgan fingerprint density at radius 3 is 2.76 bits per heavy atom. The van der Waals surface area contributed by atoms with Crippen LogP contribution in [0.1, 0.15) is 16.1 Å². The van der Waals surface area contributed by atoms with E-state index in [1.54, 1.807) is 18.3 Å². The quantitative estimate of drug-likeness (QED) is 0.881. The smallest absolute Gasteiger partial charge is 0.354 e. The van der Waals surface area contributed by atoms with Crippen molar-refractivity contribution in [2.45, 2.75) is 6.67 Å². The molecule has 4 nitrogen and oxygen atoms in total. The van der Waals surface area contributed by atoms with Crippen molar-refractivity contribution in [1.82, 2.24) is 9.97 Å². The Morgan fingerprint density at radius 2 is 2.18 bits per heavy atom. The van der Waals surface area contributed by atoms with Gasteiger partial charge in [-0.3, -0.25) is 4.98 Å². The van der Waals surface area contributed by atoms with Gasteiger partial charge in [0.15, 0.2) is 0 Å². The first-order valence-electron chi connectivity index (χ1n) is 4.92. The first kappa shape index (κ1) is 11.2. The number of carboxylic acid groups (broad SMARTS) is 1. The fourth-order valence-electron chi connectivity index (χ4n) is 1.47. The third kappa shape index (κ3) is 2.28. The molecule has 1 N–H and O–H groups in total. The molecular formula is C12H9FN2O2. The van der Waals surface area contributed by atoms with Crippen LogP contribution in [0.2, 0.25) is 0 Å². The molecule has 0 aliphatic carbocycles. The van der Waals surface area contributed by atoms with Crippen molar-refractivity contribution in [3.05, 3.63) is 47.9 Å². The molecule has 0 fully saturated rings. The normalized spacial score (nSPS) is 10.2. The van der Waals surface area contributed by atoms with Crippen LogP contribution in [0, 0.1) is 0 Å². The summed E-state index contributed by atoms with van der Waals surface area (Å²) in [5.41, 5.74) is 1.16. The molecule has 0 unspecified atom stereocenters. The number of rotatable bonds is 3. The summed E-state index contributed by atoms with van der Waals surface area (Å²) in [6.07, 6.45) is 3.10. The van der Waals surface area contributed by atoms with E-state index in [9.17, 15) is 9.18 Å².